The molecular formula is C20H33N3O2. The number of carbonyl (C=O) groups excluding carboxylic acids is 1. The first kappa shape index (κ1) is 19.9. The van der Waals surface area contributed by atoms with E-state index in [2.05, 4.69) is 41.3 Å². The summed E-state index contributed by atoms with van der Waals surface area (Å²) < 4.78 is 5.04. The fourth-order valence-corrected chi connectivity index (χ4v) is 3.44. The van der Waals surface area contributed by atoms with Crippen LogP contribution in [0.1, 0.15) is 37.3 Å². The monoisotopic (exact) mass is 347 g/mol. The van der Waals surface area contributed by atoms with Gasteiger partial charge in [0.25, 0.3) is 0 Å². The van der Waals surface area contributed by atoms with Crippen LogP contribution in [0.25, 0.3) is 0 Å². The number of nitrogens with one attached hydrogen (secondary N) is 1. The van der Waals surface area contributed by atoms with Gasteiger partial charge in [-0.05, 0) is 52.0 Å². The van der Waals surface area contributed by atoms with E-state index in [9.17, 15) is 4.79 Å². The van der Waals surface area contributed by atoms with Crippen LogP contribution in [0.3, 0.4) is 0 Å². The maximum atomic E-state index is 12.3. The van der Waals surface area contributed by atoms with Crippen LogP contribution in [-0.2, 0) is 9.53 Å². The summed E-state index contributed by atoms with van der Waals surface area (Å²) in [6.07, 6.45) is 3.65. The van der Waals surface area contributed by atoms with E-state index >= 15 is 0 Å². The minimum Gasteiger partial charge on any atom is -0.385 e. The van der Waals surface area contributed by atoms with Crippen LogP contribution >= 0.6 is 0 Å². The summed E-state index contributed by atoms with van der Waals surface area (Å²) in [6.45, 7) is 3.76. The van der Waals surface area contributed by atoms with Crippen molar-refractivity contribution in [3.8, 4) is 0 Å². The third-order valence-electron chi connectivity index (χ3n) is 5.07. The molecular weight excluding hydrogens is 314 g/mol. The molecule has 0 aliphatic carbocycles. The number of likely N-dealkylation sites (N-methyl/N-ethyl adjacent to an activating group) is 1. The predicted octanol–water partition coefficient (Wildman–Crippen LogP) is 2.30. The minimum absolute atomic E-state index is 0.0286. The van der Waals surface area contributed by atoms with Gasteiger partial charge in [0.05, 0.1) is 6.04 Å². The molecule has 0 bridgehead atoms. The van der Waals surface area contributed by atoms with Gasteiger partial charge in [-0.25, -0.2) is 0 Å². The van der Waals surface area contributed by atoms with Gasteiger partial charge in [-0.1, -0.05) is 30.3 Å². The number of piperidine rings is 1. The van der Waals surface area contributed by atoms with Crippen molar-refractivity contribution in [1.82, 2.24) is 15.1 Å². The minimum atomic E-state index is 0.0286. The molecule has 1 atom stereocenters. The van der Waals surface area contributed by atoms with Crippen molar-refractivity contribution in [1.29, 1.82) is 0 Å². The van der Waals surface area contributed by atoms with Gasteiger partial charge in [-0.2, -0.15) is 0 Å². The van der Waals surface area contributed by atoms with Gasteiger partial charge in [0.2, 0.25) is 5.91 Å². The number of methoxy groups -OCH3 is 1. The largest absolute Gasteiger partial charge is 0.385 e. The molecule has 1 fully saturated rings. The lowest BCUT2D eigenvalue weighted by molar-refractivity contribution is -0.122. The lowest BCUT2D eigenvalue weighted by Gasteiger charge is -2.37. The fourth-order valence-electron chi connectivity index (χ4n) is 3.44. The normalized spacial score (nSPS) is 17.6. The second-order valence-corrected chi connectivity index (χ2v) is 7.10. The van der Waals surface area contributed by atoms with E-state index in [1.165, 1.54) is 18.4 Å². The highest BCUT2D eigenvalue weighted by atomic mass is 16.5. The topological polar surface area (TPSA) is 44.8 Å². The SMILES string of the molecule is COCCCC(=O)NC(CN(C)C1CCN(C)CC1)c1ccccc1. The summed E-state index contributed by atoms with van der Waals surface area (Å²) in [7, 11) is 6.04. The lowest BCUT2D eigenvalue weighted by atomic mass is 10.0. The van der Waals surface area contributed by atoms with Crippen LogP contribution in [-0.4, -0.2) is 69.2 Å². The van der Waals surface area contributed by atoms with Crippen molar-refractivity contribution in [3.63, 3.8) is 0 Å². The molecule has 1 saturated heterocycles. The van der Waals surface area contributed by atoms with Crippen LogP contribution in [0.15, 0.2) is 30.3 Å². The van der Waals surface area contributed by atoms with E-state index in [1.54, 1.807) is 7.11 Å². The number of rotatable bonds is 9. The zero-order valence-corrected chi connectivity index (χ0v) is 15.9. The Bertz CT molecular complexity index is 501. The van der Waals surface area contributed by atoms with Crippen molar-refractivity contribution in [2.45, 2.75) is 37.8 Å². The summed E-state index contributed by atoms with van der Waals surface area (Å²) in [5, 5.41) is 3.22. The first-order valence-electron chi connectivity index (χ1n) is 9.32. The predicted molar refractivity (Wildman–Crippen MR) is 102 cm³/mol. The van der Waals surface area contributed by atoms with E-state index in [4.69, 9.17) is 4.74 Å². The molecule has 0 radical (unpaired) electrons. The molecule has 5 nitrogen and oxygen atoms in total. The quantitative estimate of drug-likeness (QED) is 0.696. The summed E-state index contributed by atoms with van der Waals surface area (Å²) in [6, 6.07) is 10.9. The Hall–Kier alpha value is -1.43. The standard InChI is InChI=1S/C20H33N3O2/c1-22-13-11-18(12-14-22)23(2)16-19(17-8-5-4-6-9-17)21-20(24)10-7-15-25-3/h4-6,8-9,18-19H,7,10-16H2,1-3H3,(H,21,24). The third kappa shape index (κ3) is 6.77. The van der Waals surface area contributed by atoms with E-state index in [0.29, 0.717) is 19.1 Å². The number of ether oxygens (including phenoxy) is 1. The van der Waals surface area contributed by atoms with Gasteiger partial charge in [0, 0.05) is 32.7 Å². The third-order valence-corrected chi connectivity index (χ3v) is 5.07. The maximum Gasteiger partial charge on any atom is 0.220 e. The Morgan fingerprint density at radius 2 is 2.00 bits per heavy atom. The number of nitrogens with zero attached hydrogens (tertiary/aromatic N) is 2. The zero-order chi connectivity index (χ0) is 18.1. The molecule has 0 aromatic heterocycles. The first-order chi connectivity index (χ1) is 12.1. The highest BCUT2D eigenvalue weighted by molar-refractivity contribution is 5.76. The van der Waals surface area contributed by atoms with Crippen LogP contribution in [0.2, 0.25) is 0 Å². The number of hydrogen-bond acceptors (Lipinski definition) is 4. The van der Waals surface area contributed by atoms with E-state index in [0.717, 1.165) is 26.1 Å². The molecule has 5 heteroatoms. The second kappa shape index (κ2) is 10.5. The van der Waals surface area contributed by atoms with Crippen LogP contribution in [0, 0.1) is 0 Å². The van der Waals surface area contributed by atoms with Crippen LogP contribution in [0.4, 0.5) is 0 Å². The molecule has 1 aliphatic rings. The van der Waals surface area contributed by atoms with E-state index in [1.807, 2.05) is 18.2 Å². The van der Waals surface area contributed by atoms with Crippen molar-refractivity contribution in [3.05, 3.63) is 35.9 Å². The molecule has 1 N–H and O–H groups in total. The Balaban J connectivity index is 1.95. The van der Waals surface area contributed by atoms with Crippen molar-refractivity contribution in [2.75, 3.05) is 47.4 Å². The average molecular weight is 348 g/mol. The van der Waals surface area contributed by atoms with Crippen molar-refractivity contribution < 1.29 is 9.53 Å². The Morgan fingerprint density at radius 1 is 1.32 bits per heavy atom. The molecule has 0 spiro atoms. The van der Waals surface area contributed by atoms with Gasteiger partial charge in [-0.3, -0.25) is 4.79 Å². The number of carbonyl (C=O) groups is 1. The maximum absolute atomic E-state index is 12.3. The summed E-state index contributed by atoms with van der Waals surface area (Å²) in [5.74, 6) is 0.0997. The molecule has 1 aromatic rings. The van der Waals surface area contributed by atoms with Gasteiger partial charge < -0.3 is 19.9 Å². The molecule has 25 heavy (non-hydrogen) atoms. The van der Waals surface area contributed by atoms with Gasteiger partial charge >= 0.3 is 0 Å². The van der Waals surface area contributed by atoms with Crippen LogP contribution in [0.5, 0.6) is 0 Å². The fraction of sp³-hybridized carbons (Fsp3) is 0.650. The molecule has 1 amide bonds. The summed E-state index contributed by atoms with van der Waals surface area (Å²) in [4.78, 5) is 17.1. The smallest absolute Gasteiger partial charge is 0.220 e. The van der Waals surface area contributed by atoms with Gasteiger partial charge in [0.15, 0.2) is 0 Å². The average Bonchev–Trinajstić information content (AvgIpc) is 2.62. The molecule has 1 heterocycles. The lowest BCUT2D eigenvalue weighted by Crippen LogP contribution is -2.45. The second-order valence-electron chi connectivity index (χ2n) is 7.10. The Kier molecular flexibility index (Phi) is 8.38. The molecule has 140 valence electrons. The van der Waals surface area contributed by atoms with Crippen LogP contribution < -0.4 is 5.32 Å². The molecule has 1 unspecified atom stereocenters. The van der Waals surface area contributed by atoms with Gasteiger partial charge in [-0.15, -0.1) is 0 Å². The number of hydrogen-bond donors (Lipinski definition) is 1. The Morgan fingerprint density at radius 3 is 2.64 bits per heavy atom. The molecule has 1 aliphatic heterocycles. The van der Waals surface area contributed by atoms with Crippen molar-refractivity contribution >= 4 is 5.91 Å². The highest BCUT2D eigenvalue weighted by Gasteiger charge is 2.24. The summed E-state index contributed by atoms with van der Waals surface area (Å²) >= 11 is 0. The van der Waals surface area contributed by atoms with E-state index < -0.39 is 0 Å². The Labute approximate surface area is 152 Å². The van der Waals surface area contributed by atoms with Gasteiger partial charge in [0.1, 0.15) is 0 Å². The molecule has 1 aromatic carbocycles. The number of amides is 1. The zero-order valence-electron chi connectivity index (χ0n) is 15.9. The number of benzene rings is 1. The molecule has 0 saturated carbocycles. The van der Waals surface area contributed by atoms with Crippen molar-refractivity contribution in [2.24, 2.45) is 0 Å². The first-order valence-corrected chi connectivity index (χ1v) is 9.32. The highest BCUT2D eigenvalue weighted by Crippen LogP contribution is 2.19. The van der Waals surface area contributed by atoms with E-state index in [-0.39, 0.29) is 11.9 Å². The summed E-state index contributed by atoms with van der Waals surface area (Å²) in [5.41, 5.74) is 1.17. The molecule has 2 rings (SSSR count). The number of likely N-dealkylation sites (tertiary alicyclic amines) is 1.